The van der Waals surface area contributed by atoms with Crippen molar-refractivity contribution in [1.82, 2.24) is 15.6 Å². The average molecular weight is 255 g/mol. The summed E-state index contributed by atoms with van der Waals surface area (Å²) < 4.78 is 0. The van der Waals surface area contributed by atoms with Crippen molar-refractivity contribution < 1.29 is 0 Å². The number of rotatable bonds is 3. The van der Waals surface area contributed by atoms with Gasteiger partial charge in [-0.1, -0.05) is 24.3 Å². The minimum atomic E-state index is 0.633. The molecular formula is C16H21N3. The molecule has 1 unspecified atom stereocenters. The molecular weight excluding hydrogens is 234 g/mol. The maximum atomic E-state index is 4.51. The van der Waals surface area contributed by atoms with Crippen molar-refractivity contribution in [3.8, 4) is 0 Å². The van der Waals surface area contributed by atoms with Crippen LogP contribution in [0.2, 0.25) is 0 Å². The zero-order chi connectivity index (χ0) is 12.9. The van der Waals surface area contributed by atoms with Crippen LogP contribution >= 0.6 is 0 Å². The fourth-order valence-corrected chi connectivity index (χ4v) is 2.79. The number of benzene rings is 1. The van der Waals surface area contributed by atoms with Crippen LogP contribution in [0.1, 0.15) is 24.8 Å². The van der Waals surface area contributed by atoms with Crippen molar-refractivity contribution in [3.05, 3.63) is 42.1 Å². The van der Waals surface area contributed by atoms with Gasteiger partial charge in [-0.25, -0.2) is 0 Å². The molecule has 1 fully saturated rings. The van der Waals surface area contributed by atoms with Gasteiger partial charge in [0.2, 0.25) is 0 Å². The Bertz CT molecular complexity index is 525. The second kappa shape index (κ2) is 6.13. The van der Waals surface area contributed by atoms with Gasteiger partial charge >= 0.3 is 0 Å². The predicted molar refractivity (Wildman–Crippen MR) is 79.1 cm³/mol. The van der Waals surface area contributed by atoms with Crippen LogP contribution in [-0.2, 0) is 6.54 Å². The summed E-state index contributed by atoms with van der Waals surface area (Å²) in [4.78, 5) is 4.51. The third kappa shape index (κ3) is 3.11. The first-order chi connectivity index (χ1) is 9.43. The Kier molecular flexibility index (Phi) is 4.06. The van der Waals surface area contributed by atoms with Crippen LogP contribution in [0.4, 0.5) is 0 Å². The third-order valence-electron chi connectivity index (χ3n) is 3.87. The van der Waals surface area contributed by atoms with Crippen molar-refractivity contribution in [2.45, 2.75) is 31.8 Å². The molecule has 3 rings (SSSR count). The fourth-order valence-electron chi connectivity index (χ4n) is 2.79. The molecule has 0 saturated carbocycles. The van der Waals surface area contributed by atoms with Crippen LogP contribution in [-0.4, -0.2) is 24.1 Å². The number of fused-ring (bicyclic) bond motifs is 1. The van der Waals surface area contributed by atoms with E-state index in [9.17, 15) is 0 Å². The molecule has 1 aliphatic rings. The lowest BCUT2D eigenvalue weighted by Crippen LogP contribution is -2.29. The Morgan fingerprint density at radius 2 is 2.11 bits per heavy atom. The highest BCUT2D eigenvalue weighted by atomic mass is 14.9. The molecule has 3 heteroatoms. The lowest BCUT2D eigenvalue weighted by Gasteiger charge is -2.16. The molecule has 1 saturated heterocycles. The molecule has 2 aromatic rings. The van der Waals surface area contributed by atoms with E-state index in [1.165, 1.54) is 30.2 Å². The van der Waals surface area contributed by atoms with E-state index in [0.29, 0.717) is 6.04 Å². The molecule has 1 aromatic carbocycles. The van der Waals surface area contributed by atoms with Gasteiger partial charge in [0, 0.05) is 24.2 Å². The van der Waals surface area contributed by atoms with Crippen molar-refractivity contribution in [1.29, 1.82) is 0 Å². The Balaban J connectivity index is 1.71. The Labute approximate surface area is 114 Å². The van der Waals surface area contributed by atoms with Gasteiger partial charge in [0.05, 0.1) is 5.52 Å². The molecule has 0 spiro atoms. The van der Waals surface area contributed by atoms with E-state index in [1.54, 1.807) is 0 Å². The van der Waals surface area contributed by atoms with E-state index in [4.69, 9.17) is 0 Å². The van der Waals surface area contributed by atoms with Gasteiger partial charge in [0.15, 0.2) is 0 Å². The van der Waals surface area contributed by atoms with Crippen molar-refractivity contribution in [2.24, 2.45) is 0 Å². The number of aromatic nitrogens is 1. The van der Waals surface area contributed by atoms with E-state index in [2.05, 4.69) is 39.9 Å². The van der Waals surface area contributed by atoms with Gasteiger partial charge in [-0.3, -0.25) is 4.98 Å². The van der Waals surface area contributed by atoms with Crippen LogP contribution in [0.3, 0.4) is 0 Å². The monoisotopic (exact) mass is 255 g/mol. The molecule has 1 atom stereocenters. The predicted octanol–water partition coefficient (Wildman–Crippen LogP) is 2.47. The van der Waals surface area contributed by atoms with Gasteiger partial charge in [-0.05, 0) is 44.0 Å². The second-order valence-corrected chi connectivity index (χ2v) is 5.25. The summed E-state index contributed by atoms with van der Waals surface area (Å²) in [6, 6.07) is 11.2. The van der Waals surface area contributed by atoms with Crippen LogP contribution < -0.4 is 10.6 Å². The van der Waals surface area contributed by atoms with Gasteiger partial charge in [0.25, 0.3) is 0 Å². The third-order valence-corrected chi connectivity index (χ3v) is 3.87. The highest BCUT2D eigenvalue weighted by molar-refractivity contribution is 5.81. The van der Waals surface area contributed by atoms with E-state index < -0.39 is 0 Å². The van der Waals surface area contributed by atoms with Crippen LogP contribution in [0.5, 0.6) is 0 Å². The van der Waals surface area contributed by atoms with E-state index in [1.807, 2.05) is 12.3 Å². The normalized spacial score (nSPS) is 20.3. The van der Waals surface area contributed by atoms with Crippen LogP contribution in [0.15, 0.2) is 36.5 Å². The Morgan fingerprint density at radius 1 is 1.16 bits per heavy atom. The van der Waals surface area contributed by atoms with E-state index >= 15 is 0 Å². The van der Waals surface area contributed by atoms with Gasteiger partial charge in [-0.15, -0.1) is 0 Å². The maximum absolute atomic E-state index is 4.51. The number of para-hydroxylation sites is 1. The summed E-state index contributed by atoms with van der Waals surface area (Å²) in [6.07, 6.45) is 5.64. The molecule has 0 aliphatic carbocycles. The number of hydrogen-bond acceptors (Lipinski definition) is 3. The number of pyridine rings is 1. The van der Waals surface area contributed by atoms with Crippen LogP contribution in [0, 0.1) is 0 Å². The Morgan fingerprint density at radius 3 is 3.11 bits per heavy atom. The topological polar surface area (TPSA) is 37.0 Å². The van der Waals surface area contributed by atoms with Gasteiger partial charge < -0.3 is 10.6 Å². The molecule has 2 N–H and O–H groups in total. The summed E-state index contributed by atoms with van der Waals surface area (Å²) in [6.45, 7) is 3.21. The van der Waals surface area contributed by atoms with Crippen molar-refractivity contribution >= 4 is 10.9 Å². The lowest BCUT2D eigenvalue weighted by atomic mass is 10.1. The summed E-state index contributed by atoms with van der Waals surface area (Å²) in [7, 11) is 0. The van der Waals surface area contributed by atoms with Crippen molar-refractivity contribution in [2.75, 3.05) is 13.1 Å². The van der Waals surface area contributed by atoms with Gasteiger partial charge in [0.1, 0.15) is 0 Å². The largest absolute Gasteiger partial charge is 0.317 e. The highest BCUT2D eigenvalue weighted by Gasteiger charge is 2.11. The molecule has 100 valence electrons. The molecule has 1 aliphatic heterocycles. The quantitative estimate of drug-likeness (QED) is 0.884. The number of nitrogens with one attached hydrogen (secondary N) is 2. The number of hydrogen-bond donors (Lipinski definition) is 2. The molecule has 0 bridgehead atoms. The first-order valence-corrected chi connectivity index (χ1v) is 7.20. The fraction of sp³-hybridized carbons (Fsp3) is 0.438. The summed E-state index contributed by atoms with van der Waals surface area (Å²) in [5.74, 6) is 0. The molecule has 19 heavy (non-hydrogen) atoms. The highest BCUT2D eigenvalue weighted by Crippen LogP contribution is 2.16. The molecule has 0 amide bonds. The average Bonchev–Trinajstić information content (AvgIpc) is 2.74. The molecule has 0 radical (unpaired) electrons. The molecule has 2 heterocycles. The summed E-state index contributed by atoms with van der Waals surface area (Å²) in [5, 5.41) is 8.37. The van der Waals surface area contributed by atoms with Crippen LogP contribution in [0.25, 0.3) is 10.9 Å². The zero-order valence-corrected chi connectivity index (χ0v) is 11.2. The molecule has 1 aromatic heterocycles. The SMILES string of the molecule is c1cnc2c(CNC3CCCNCC3)cccc2c1. The summed E-state index contributed by atoms with van der Waals surface area (Å²) >= 11 is 0. The summed E-state index contributed by atoms with van der Waals surface area (Å²) in [5.41, 5.74) is 2.43. The lowest BCUT2D eigenvalue weighted by molar-refractivity contribution is 0.469. The number of nitrogens with zero attached hydrogens (tertiary/aromatic N) is 1. The van der Waals surface area contributed by atoms with E-state index in [0.717, 1.165) is 25.2 Å². The minimum absolute atomic E-state index is 0.633. The maximum Gasteiger partial charge on any atom is 0.0746 e. The first-order valence-electron chi connectivity index (χ1n) is 7.20. The zero-order valence-electron chi connectivity index (χ0n) is 11.2. The first kappa shape index (κ1) is 12.6. The smallest absolute Gasteiger partial charge is 0.0746 e. The van der Waals surface area contributed by atoms with Gasteiger partial charge in [-0.2, -0.15) is 0 Å². The Hall–Kier alpha value is -1.45. The second-order valence-electron chi connectivity index (χ2n) is 5.25. The standard InChI is InChI=1S/C16H21N3/c1-4-13-6-2-10-18-16(13)14(5-1)12-19-15-7-3-9-17-11-8-15/h1-2,4-6,10,15,17,19H,3,7-9,11-12H2. The van der Waals surface area contributed by atoms with Crippen molar-refractivity contribution in [3.63, 3.8) is 0 Å². The molecule has 3 nitrogen and oxygen atoms in total. The van der Waals surface area contributed by atoms with E-state index in [-0.39, 0.29) is 0 Å². The minimum Gasteiger partial charge on any atom is -0.317 e.